The number of esters is 3. The van der Waals surface area contributed by atoms with Crippen LogP contribution < -0.4 is 0 Å². The van der Waals surface area contributed by atoms with Crippen LogP contribution in [0.15, 0.2) is 0 Å². The van der Waals surface area contributed by atoms with Crippen LogP contribution in [0, 0.1) is 5.92 Å². The molecular formula is C19H34O6. The summed E-state index contributed by atoms with van der Waals surface area (Å²) in [6.45, 7) is 7.10. The van der Waals surface area contributed by atoms with Crippen molar-refractivity contribution in [1.29, 1.82) is 0 Å². The maximum atomic E-state index is 12.2. The van der Waals surface area contributed by atoms with E-state index in [2.05, 4.69) is 0 Å². The number of hydrogen-bond donors (Lipinski definition) is 0. The quantitative estimate of drug-likeness (QED) is 0.252. The Bertz CT molecular complexity index is 380. The van der Waals surface area contributed by atoms with E-state index in [1.165, 1.54) is 0 Å². The van der Waals surface area contributed by atoms with Crippen molar-refractivity contribution in [3.05, 3.63) is 0 Å². The molecule has 0 saturated heterocycles. The van der Waals surface area contributed by atoms with E-state index in [1.807, 2.05) is 20.8 Å². The van der Waals surface area contributed by atoms with E-state index in [1.54, 1.807) is 0 Å². The second-order valence-electron chi connectivity index (χ2n) is 6.11. The molecule has 0 rings (SSSR count). The molecule has 25 heavy (non-hydrogen) atoms. The number of ether oxygens (including phenoxy) is 3. The number of rotatable bonds is 15. The predicted octanol–water partition coefficient (Wildman–Crippen LogP) is 3.80. The Hall–Kier alpha value is -1.59. The first kappa shape index (κ1) is 23.4. The fourth-order valence-electron chi connectivity index (χ4n) is 2.02. The number of hydrogen-bond acceptors (Lipinski definition) is 6. The normalized spacial score (nSPS) is 11.6. The van der Waals surface area contributed by atoms with Gasteiger partial charge in [0.15, 0.2) is 0 Å². The molecule has 0 heterocycles. The van der Waals surface area contributed by atoms with Crippen LogP contribution in [0.2, 0.25) is 0 Å². The minimum atomic E-state index is -0.662. The highest BCUT2D eigenvalue weighted by Gasteiger charge is 2.25. The molecule has 6 nitrogen and oxygen atoms in total. The summed E-state index contributed by atoms with van der Waals surface area (Å²) >= 11 is 0. The van der Waals surface area contributed by atoms with E-state index in [0.29, 0.717) is 19.8 Å². The Morgan fingerprint density at radius 3 is 1.72 bits per heavy atom. The molecule has 0 aliphatic carbocycles. The molecule has 0 aliphatic heterocycles. The third-order valence-electron chi connectivity index (χ3n) is 3.71. The van der Waals surface area contributed by atoms with Gasteiger partial charge < -0.3 is 14.2 Å². The van der Waals surface area contributed by atoms with Crippen LogP contribution in [-0.2, 0) is 28.6 Å². The summed E-state index contributed by atoms with van der Waals surface area (Å²) in [5, 5.41) is 0. The molecule has 0 spiro atoms. The lowest BCUT2D eigenvalue weighted by molar-refractivity contribution is -0.156. The molecule has 0 aliphatic rings. The molecule has 0 aromatic rings. The highest BCUT2D eigenvalue weighted by Crippen LogP contribution is 2.16. The summed E-state index contributed by atoms with van der Waals surface area (Å²) in [5.74, 6) is -1.88. The molecule has 146 valence electrons. The van der Waals surface area contributed by atoms with Crippen molar-refractivity contribution in [1.82, 2.24) is 0 Å². The first-order chi connectivity index (χ1) is 12.0. The van der Waals surface area contributed by atoms with Crippen LogP contribution in [-0.4, -0.2) is 37.7 Å². The van der Waals surface area contributed by atoms with Crippen molar-refractivity contribution in [3.8, 4) is 0 Å². The molecule has 0 radical (unpaired) electrons. The highest BCUT2D eigenvalue weighted by atomic mass is 16.5. The van der Waals surface area contributed by atoms with Crippen LogP contribution in [0.25, 0.3) is 0 Å². The summed E-state index contributed by atoms with van der Waals surface area (Å²) in [5.41, 5.74) is 0. The molecule has 6 heteroatoms. The lowest BCUT2D eigenvalue weighted by Gasteiger charge is -2.15. The highest BCUT2D eigenvalue weighted by molar-refractivity contribution is 5.80. The zero-order valence-corrected chi connectivity index (χ0v) is 16.0. The van der Waals surface area contributed by atoms with Gasteiger partial charge in [0.05, 0.1) is 32.2 Å². The number of carbonyl (C=O) groups is 3. The zero-order chi connectivity index (χ0) is 18.9. The van der Waals surface area contributed by atoms with Crippen LogP contribution >= 0.6 is 0 Å². The minimum Gasteiger partial charge on any atom is -0.466 e. The van der Waals surface area contributed by atoms with Crippen molar-refractivity contribution in [3.63, 3.8) is 0 Å². The van der Waals surface area contributed by atoms with E-state index >= 15 is 0 Å². The Labute approximate surface area is 151 Å². The van der Waals surface area contributed by atoms with Gasteiger partial charge >= 0.3 is 17.9 Å². The Morgan fingerprint density at radius 2 is 1.20 bits per heavy atom. The van der Waals surface area contributed by atoms with Gasteiger partial charge in [0.1, 0.15) is 0 Å². The Morgan fingerprint density at radius 1 is 0.720 bits per heavy atom. The second kappa shape index (κ2) is 15.9. The maximum absolute atomic E-state index is 12.2. The van der Waals surface area contributed by atoms with Gasteiger partial charge in [-0.2, -0.15) is 0 Å². The van der Waals surface area contributed by atoms with Crippen LogP contribution in [0.5, 0.6) is 0 Å². The SMILES string of the molecule is CCCCOC(=O)CC[C@H](CC(=O)OCCCC)C(=O)OCCCC. The van der Waals surface area contributed by atoms with Gasteiger partial charge in [0.2, 0.25) is 0 Å². The number of carbonyl (C=O) groups excluding carboxylic acids is 3. The Balaban J connectivity index is 4.42. The lowest BCUT2D eigenvalue weighted by atomic mass is 9.99. The van der Waals surface area contributed by atoms with E-state index in [9.17, 15) is 14.4 Å². The average Bonchev–Trinajstić information content (AvgIpc) is 2.59. The van der Waals surface area contributed by atoms with Crippen LogP contribution in [0.1, 0.15) is 78.6 Å². The molecule has 0 aromatic heterocycles. The topological polar surface area (TPSA) is 78.9 Å². The third kappa shape index (κ3) is 13.4. The third-order valence-corrected chi connectivity index (χ3v) is 3.71. The smallest absolute Gasteiger partial charge is 0.309 e. The molecule has 0 saturated carbocycles. The van der Waals surface area contributed by atoms with Crippen molar-refractivity contribution in [2.24, 2.45) is 5.92 Å². The summed E-state index contributed by atoms with van der Waals surface area (Å²) in [6.07, 6.45) is 5.45. The summed E-state index contributed by atoms with van der Waals surface area (Å²) in [7, 11) is 0. The van der Waals surface area contributed by atoms with Crippen molar-refractivity contribution < 1.29 is 28.6 Å². The monoisotopic (exact) mass is 358 g/mol. The summed E-state index contributed by atoms with van der Waals surface area (Å²) in [4.78, 5) is 35.8. The van der Waals surface area contributed by atoms with Crippen LogP contribution in [0.4, 0.5) is 0 Å². The van der Waals surface area contributed by atoms with Crippen LogP contribution in [0.3, 0.4) is 0 Å². The molecule has 0 bridgehead atoms. The van der Waals surface area contributed by atoms with Gasteiger partial charge in [0, 0.05) is 6.42 Å². The molecule has 0 amide bonds. The standard InChI is InChI=1S/C19H34O6/c1-4-7-12-23-17(20)11-10-16(19(22)25-14-9-6-3)15-18(21)24-13-8-5-2/h16H,4-15H2,1-3H3/t16-/m1/s1. The van der Waals surface area contributed by atoms with Gasteiger partial charge in [-0.15, -0.1) is 0 Å². The van der Waals surface area contributed by atoms with Gasteiger partial charge in [-0.1, -0.05) is 40.0 Å². The minimum absolute atomic E-state index is 0.0586. The van der Waals surface area contributed by atoms with Crippen molar-refractivity contribution >= 4 is 17.9 Å². The van der Waals surface area contributed by atoms with Crippen molar-refractivity contribution in [2.45, 2.75) is 78.6 Å². The van der Waals surface area contributed by atoms with Crippen molar-refractivity contribution in [2.75, 3.05) is 19.8 Å². The molecule has 0 fully saturated rings. The maximum Gasteiger partial charge on any atom is 0.309 e. The van der Waals surface area contributed by atoms with Gasteiger partial charge in [0.25, 0.3) is 0 Å². The van der Waals surface area contributed by atoms with E-state index in [4.69, 9.17) is 14.2 Å². The van der Waals surface area contributed by atoms with Gasteiger partial charge in [-0.3, -0.25) is 14.4 Å². The molecule has 1 atom stereocenters. The predicted molar refractivity (Wildman–Crippen MR) is 94.9 cm³/mol. The van der Waals surface area contributed by atoms with Gasteiger partial charge in [-0.05, 0) is 25.7 Å². The number of unbranched alkanes of at least 4 members (excludes halogenated alkanes) is 3. The van der Waals surface area contributed by atoms with Gasteiger partial charge in [-0.25, -0.2) is 0 Å². The van der Waals surface area contributed by atoms with E-state index in [-0.39, 0.29) is 25.2 Å². The first-order valence-electron chi connectivity index (χ1n) is 9.52. The largest absolute Gasteiger partial charge is 0.466 e. The lowest BCUT2D eigenvalue weighted by Crippen LogP contribution is -2.24. The molecular weight excluding hydrogens is 324 g/mol. The Kier molecular flexibility index (Phi) is 14.9. The summed E-state index contributed by atoms with van der Waals surface area (Å²) in [6, 6.07) is 0. The average molecular weight is 358 g/mol. The van der Waals surface area contributed by atoms with E-state index < -0.39 is 17.9 Å². The molecule has 0 unspecified atom stereocenters. The fourth-order valence-corrected chi connectivity index (χ4v) is 2.02. The molecule has 0 N–H and O–H groups in total. The fraction of sp³-hybridized carbons (Fsp3) is 0.842. The zero-order valence-electron chi connectivity index (χ0n) is 16.0. The molecule has 0 aromatic carbocycles. The second-order valence-corrected chi connectivity index (χ2v) is 6.11. The summed E-state index contributed by atoms with van der Waals surface area (Å²) < 4.78 is 15.4. The van der Waals surface area contributed by atoms with E-state index in [0.717, 1.165) is 38.5 Å². The first-order valence-corrected chi connectivity index (χ1v) is 9.52.